The van der Waals surface area contributed by atoms with E-state index in [4.69, 9.17) is 14.2 Å². The molecule has 0 N–H and O–H groups in total. The van der Waals surface area contributed by atoms with E-state index in [1.165, 1.54) is 11.8 Å². The predicted octanol–water partition coefficient (Wildman–Crippen LogP) is 1.58. The number of carbonyl (C=O) groups is 3. The number of hydrogen-bond donors (Lipinski definition) is 0. The summed E-state index contributed by atoms with van der Waals surface area (Å²) in [6.45, 7) is 5.62. The third kappa shape index (κ3) is 4.11. The van der Waals surface area contributed by atoms with Crippen molar-refractivity contribution in [2.24, 2.45) is 0 Å². The number of nitrogens with zero attached hydrogens (tertiary/aromatic N) is 1. The minimum atomic E-state index is -0.711. The second-order valence-corrected chi connectivity index (χ2v) is 5.34. The van der Waals surface area contributed by atoms with E-state index in [0.717, 1.165) is 0 Å². The molecule has 0 aromatic heterocycles. The van der Waals surface area contributed by atoms with Gasteiger partial charge in [0.2, 0.25) is 0 Å². The van der Waals surface area contributed by atoms with Crippen LogP contribution in [0, 0.1) is 0 Å². The lowest BCUT2D eigenvalue weighted by Gasteiger charge is -2.32. The summed E-state index contributed by atoms with van der Waals surface area (Å²) in [5.74, 6) is -0.585. The van der Waals surface area contributed by atoms with Gasteiger partial charge >= 0.3 is 5.97 Å². The number of fused-ring (bicyclic) bond motifs is 1. The summed E-state index contributed by atoms with van der Waals surface area (Å²) in [5.41, 5.74) is 0.835. The molecule has 7 nitrogen and oxygen atoms in total. The van der Waals surface area contributed by atoms with Gasteiger partial charge in [-0.05, 0) is 39.0 Å². The molecule has 2 rings (SSSR count). The van der Waals surface area contributed by atoms with Gasteiger partial charge in [0.15, 0.2) is 11.9 Å². The van der Waals surface area contributed by atoms with Crippen LogP contribution in [0.15, 0.2) is 18.2 Å². The molecule has 0 radical (unpaired) electrons. The molecule has 1 aromatic carbocycles. The van der Waals surface area contributed by atoms with E-state index in [-0.39, 0.29) is 24.8 Å². The standard InChI is InChI=1S/C17H21NO6/c1-4-22-7-8-23-16(20)10-18-14-9-13(11(2)19)5-6-15(14)24-12(3)17(18)21/h5-6,9,12H,4,7-8,10H2,1-3H3. The van der Waals surface area contributed by atoms with Gasteiger partial charge in [-0.1, -0.05) is 0 Å². The Bertz CT molecular complexity index is 642. The van der Waals surface area contributed by atoms with Crippen molar-refractivity contribution in [2.45, 2.75) is 26.9 Å². The molecule has 130 valence electrons. The van der Waals surface area contributed by atoms with Crippen LogP contribution in [0.1, 0.15) is 31.1 Å². The van der Waals surface area contributed by atoms with Crippen LogP contribution in [0.2, 0.25) is 0 Å². The van der Waals surface area contributed by atoms with E-state index in [0.29, 0.717) is 30.2 Å². The van der Waals surface area contributed by atoms with Gasteiger partial charge in [-0.2, -0.15) is 0 Å². The number of esters is 1. The third-order valence-corrected chi connectivity index (χ3v) is 3.56. The number of Topliss-reactive ketones (excluding diaryl/α,β-unsaturated/α-hetero) is 1. The van der Waals surface area contributed by atoms with Crippen molar-refractivity contribution in [3.05, 3.63) is 23.8 Å². The summed E-state index contributed by atoms with van der Waals surface area (Å²) in [6.07, 6.45) is -0.711. The van der Waals surface area contributed by atoms with E-state index in [1.807, 2.05) is 6.92 Å². The first-order valence-electron chi connectivity index (χ1n) is 7.80. The van der Waals surface area contributed by atoms with Crippen molar-refractivity contribution in [1.82, 2.24) is 0 Å². The number of anilines is 1. The van der Waals surface area contributed by atoms with Crippen molar-refractivity contribution < 1.29 is 28.6 Å². The maximum atomic E-state index is 12.4. The second-order valence-electron chi connectivity index (χ2n) is 5.34. The molecule has 0 bridgehead atoms. The van der Waals surface area contributed by atoms with Crippen LogP contribution in [-0.4, -0.2) is 50.1 Å². The molecule has 0 saturated carbocycles. The highest BCUT2D eigenvalue weighted by atomic mass is 16.6. The van der Waals surface area contributed by atoms with Crippen LogP contribution in [0.3, 0.4) is 0 Å². The highest BCUT2D eigenvalue weighted by Crippen LogP contribution is 2.35. The molecule has 0 spiro atoms. The molecule has 1 atom stereocenters. The molecule has 1 aromatic rings. The Kier molecular flexibility index (Phi) is 5.92. The van der Waals surface area contributed by atoms with Crippen LogP contribution in [0.5, 0.6) is 5.75 Å². The molecule has 1 aliphatic heterocycles. The molecule has 24 heavy (non-hydrogen) atoms. The van der Waals surface area contributed by atoms with E-state index < -0.39 is 12.1 Å². The molecule has 1 unspecified atom stereocenters. The van der Waals surface area contributed by atoms with E-state index in [2.05, 4.69) is 0 Å². The van der Waals surface area contributed by atoms with E-state index >= 15 is 0 Å². The highest BCUT2D eigenvalue weighted by Gasteiger charge is 2.33. The molecular weight excluding hydrogens is 314 g/mol. The van der Waals surface area contributed by atoms with Crippen LogP contribution >= 0.6 is 0 Å². The Labute approximate surface area is 140 Å². The first kappa shape index (κ1) is 17.9. The largest absolute Gasteiger partial charge is 0.479 e. The molecule has 1 heterocycles. The fraction of sp³-hybridized carbons (Fsp3) is 0.471. The summed E-state index contributed by atoms with van der Waals surface area (Å²) in [6, 6.07) is 4.81. The number of amides is 1. The summed E-state index contributed by atoms with van der Waals surface area (Å²) in [7, 11) is 0. The average molecular weight is 335 g/mol. The molecule has 0 saturated heterocycles. The number of rotatable bonds is 7. The molecule has 1 amide bonds. The molecule has 0 fully saturated rings. The smallest absolute Gasteiger partial charge is 0.326 e. The average Bonchev–Trinajstić information content (AvgIpc) is 2.55. The first-order chi connectivity index (χ1) is 11.4. The van der Waals surface area contributed by atoms with Gasteiger partial charge in [-0.25, -0.2) is 0 Å². The summed E-state index contributed by atoms with van der Waals surface area (Å²) in [5, 5.41) is 0. The number of ketones is 1. The Hall–Kier alpha value is -2.41. The topological polar surface area (TPSA) is 82.1 Å². The number of hydrogen-bond acceptors (Lipinski definition) is 6. The fourth-order valence-corrected chi connectivity index (χ4v) is 2.32. The summed E-state index contributed by atoms with van der Waals surface area (Å²) < 4.78 is 15.7. The van der Waals surface area contributed by atoms with Crippen molar-refractivity contribution in [3.63, 3.8) is 0 Å². The van der Waals surface area contributed by atoms with Gasteiger partial charge in [0.1, 0.15) is 18.9 Å². The Balaban J connectivity index is 2.16. The van der Waals surface area contributed by atoms with Crippen molar-refractivity contribution in [3.8, 4) is 5.75 Å². The maximum absolute atomic E-state index is 12.4. The first-order valence-corrected chi connectivity index (χ1v) is 7.80. The molecular formula is C17H21NO6. The van der Waals surface area contributed by atoms with Gasteiger partial charge in [-0.15, -0.1) is 0 Å². The lowest BCUT2D eigenvalue weighted by atomic mass is 10.1. The molecule has 1 aliphatic rings. The van der Waals surface area contributed by atoms with Gasteiger partial charge < -0.3 is 14.2 Å². The van der Waals surface area contributed by atoms with Crippen LogP contribution in [-0.2, 0) is 19.1 Å². The van der Waals surface area contributed by atoms with Crippen molar-refractivity contribution in [2.75, 3.05) is 31.3 Å². The lowest BCUT2D eigenvalue weighted by Crippen LogP contribution is -2.47. The quantitative estimate of drug-likeness (QED) is 0.427. The van der Waals surface area contributed by atoms with Gasteiger partial charge in [0, 0.05) is 12.2 Å². The van der Waals surface area contributed by atoms with Crippen molar-refractivity contribution in [1.29, 1.82) is 0 Å². The van der Waals surface area contributed by atoms with Crippen LogP contribution in [0.25, 0.3) is 0 Å². The zero-order valence-corrected chi connectivity index (χ0v) is 14.0. The highest BCUT2D eigenvalue weighted by molar-refractivity contribution is 6.04. The third-order valence-electron chi connectivity index (χ3n) is 3.56. The summed E-state index contributed by atoms with van der Waals surface area (Å²) in [4.78, 5) is 37.2. The number of ether oxygens (including phenoxy) is 3. The fourth-order valence-electron chi connectivity index (χ4n) is 2.32. The monoisotopic (exact) mass is 335 g/mol. The Morgan fingerprint density at radius 3 is 2.71 bits per heavy atom. The number of benzene rings is 1. The van der Waals surface area contributed by atoms with Gasteiger partial charge in [-0.3, -0.25) is 19.3 Å². The minimum Gasteiger partial charge on any atom is -0.479 e. The second kappa shape index (κ2) is 7.92. The maximum Gasteiger partial charge on any atom is 0.326 e. The summed E-state index contributed by atoms with van der Waals surface area (Å²) >= 11 is 0. The lowest BCUT2D eigenvalue weighted by molar-refractivity contribution is -0.144. The van der Waals surface area contributed by atoms with Gasteiger partial charge in [0.25, 0.3) is 5.91 Å². The zero-order valence-electron chi connectivity index (χ0n) is 14.0. The SMILES string of the molecule is CCOCCOC(=O)CN1C(=O)C(C)Oc2ccc(C(C)=O)cc21. The number of carbonyl (C=O) groups excluding carboxylic acids is 3. The Morgan fingerprint density at radius 2 is 2.04 bits per heavy atom. The minimum absolute atomic E-state index is 0.126. The van der Waals surface area contributed by atoms with Crippen LogP contribution < -0.4 is 9.64 Å². The normalized spacial score (nSPS) is 16.4. The zero-order chi connectivity index (χ0) is 17.7. The predicted molar refractivity (Wildman–Crippen MR) is 86.3 cm³/mol. The molecule has 7 heteroatoms. The van der Waals surface area contributed by atoms with Gasteiger partial charge in [0.05, 0.1) is 12.3 Å². The van der Waals surface area contributed by atoms with Crippen LogP contribution in [0.4, 0.5) is 5.69 Å². The van der Waals surface area contributed by atoms with E-state index in [1.54, 1.807) is 25.1 Å². The van der Waals surface area contributed by atoms with Crippen molar-refractivity contribution >= 4 is 23.3 Å². The van der Waals surface area contributed by atoms with E-state index in [9.17, 15) is 14.4 Å². The molecule has 0 aliphatic carbocycles. The Morgan fingerprint density at radius 1 is 1.29 bits per heavy atom.